The average Bonchev–Trinajstić information content (AvgIpc) is 2.74. The van der Waals surface area contributed by atoms with Crippen molar-refractivity contribution in [1.29, 1.82) is 0 Å². The zero-order valence-corrected chi connectivity index (χ0v) is 23.0. The van der Waals surface area contributed by atoms with Crippen LogP contribution < -0.4 is 16.2 Å². The molecular formula is C18H13Cl4N3O9S3. The van der Waals surface area contributed by atoms with Gasteiger partial charge in [0.15, 0.2) is 0 Å². The summed E-state index contributed by atoms with van der Waals surface area (Å²) in [5, 5.41) is 1.62. The van der Waals surface area contributed by atoms with Gasteiger partial charge in [-0.15, -0.1) is 0 Å². The standard InChI is InChI=1S/C18H13Cl4N3O9S3/c19-9-2-1-8(35(26,27)28)3-14(9)24-25-15-7-16(18(6-11(15)21)37(32,33)34)23-13-4-12(22)17(5-10(13)20)36(29,30)31/h1-7,23-25H,(H,26,27,28)(H,29,30,31)(H,32,33,34). The van der Waals surface area contributed by atoms with E-state index in [1.165, 1.54) is 6.07 Å². The van der Waals surface area contributed by atoms with Crippen molar-refractivity contribution >= 4 is 99.5 Å². The topological polar surface area (TPSA) is 199 Å². The second kappa shape index (κ2) is 10.6. The number of nitrogens with one attached hydrogen (secondary N) is 3. The highest BCUT2D eigenvalue weighted by atomic mass is 35.5. The van der Waals surface area contributed by atoms with Crippen molar-refractivity contribution in [3.63, 3.8) is 0 Å². The molecule has 0 heterocycles. The maximum Gasteiger partial charge on any atom is 0.296 e. The molecule has 6 N–H and O–H groups in total. The number of benzene rings is 3. The SMILES string of the molecule is O=S(=O)(O)c1ccc(Cl)c(NNc2cc(Nc3cc(Cl)c(S(=O)(=O)O)cc3Cl)c(S(=O)(=O)O)cc2Cl)c1. The van der Waals surface area contributed by atoms with Gasteiger partial charge in [0.2, 0.25) is 0 Å². The minimum atomic E-state index is -4.87. The van der Waals surface area contributed by atoms with Gasteiger partial charge in [-0.1, -0.05) is 46.4 Å². The van der Waals surface area contributed by atoms with E-state index in [1.54, 1.807) is 0 Å². The van der Waals surface area contributed by atoms with E-state index in [4.69, 9.17) is 46.4 Å². The smallest absolute Gasteiger partial charge is 0.296 e. The lowest BCUT2D eigenvalue weighted by Crippen LogP contribution is -2.12. The molecule has 0 saturated carbocycles. The van der Waals surface area contributed by atoms with Crippen LogP contribution in [0.25, 0.3) is 0 Å². The Hall–Kier alpha value is -2.05. The molecule has 0 aromatic heterocycles. The average molecular weight is 653 g/mol. The Balaban J connectivity index is 2.04. The normalized spacial score (nSPS) is 12.3. The highest BCUT2D eigenvalue weighted by molar-refractivity contribution is 7.86. The zero-order chi connectivity index (χ0) is 27.9. The Kier molecular flexibility index (Phi) is 8.46. The number of hydrogen-bond donors (Lipinski definition) is 6. The lowest BCUT2D eigenvalue weighted by molar-refractivity contribution is 0.481. The van der Waals surface area contributed by atoms with Gasteiger partial charge in [0.05, 0.1) is 47.7 Å². The third-order valence-electron chi connectivity index (χ3n) is 4.48. The number of anilines is 4. The van der Waals surface area contributed by atoms with Crippen molar-refractivity contribution in [2.45, 2.75) is 14.7 Å². The molecule has 0 atom stereocenters. The van der Waals surface area contributed by atoms with Crippen LogP contribution in [0.5, 0.6) is 0 Å². The molecule has 0 spiro atoms. The van der Waals surface area contributed by atoms with Gasteiger partial charge in [-0.3, -0.25) is 24.5 Å². The van der Waals surface area contributed by atoms with Crippen LogP contribution in [0.15, 0.2) is 57.2 Å². The summed E-state index contributed by atoms with van der Waals surface area (Å²) in [5.74, 6) is 0. The molecule has 12 nitrogen and oxygen atoms in total. The Morgan fingerprint density at radius 2 is 1.03 bits per heavy atom. The molecule has 19 heteroatoms. The Bertz CT molecular complexity index is 1730. The summed E-state index contributed by atoms with van der Waals surface area (Å²) in [4.78, 5) is -1.89. The third kappa shape index (κ3) is 7.08. The molecule has 3 aromatic carbocycles. The summed E-state index contributed by atoms with van der Waals surface area (Å²) in [5.41, 5.74) is 4.66. The van der Waals surface area contributed by atoms with Crippen molar-refractivity contribution in [1.82, 2.24) is 0 Å². The lowest BCUT2D eigenvalue weighted by Gasteiger charge is -2.18. The van der Waals surface area contributed by atoms with Gasteiger partial charge in [0.25, 0.3) is 30.4 Å². The first-order valence-corrected chi connectivity index (χ1v) is 15.0. The maximum absolute atomic E-state index is 12.0. The van der Waals surface area contributed by atoms with E-state index in [-0.39, 0.29) is 37.8 Å². The third-order valence-corrected chi connectivity index (χ3v) is 8.50. The second-order valence-corrected chi connectivity index (χ2v) is 12.9. The molecule has 200 valence electrons. The highest BCUT2D eigenvalue weighted by Gasteiger charge is 2.22. The quantitative estimate of drug-likeness (QED) is 0.137. The van der Waals surface area contributed by atoms with E-state index in [0.717, 1.165) is 36.4 Å². The van der Waals surface area contributed by atoms with Gasteiger partial charge in [-0.2, -0.15) is 25.3 Å². The summed E-state index contributed by atoms with van der Waals surface area (Å²) in [6, 6.07) is 7.01. The lowest BCUT2D eigenvalue weighted by atomic mass is 10.2. The molecule has 0 bridgehead atoms. The van der Waals surface area contributed by atoms with E-state index in [2.05, 4.69) is 16.2 Å². The van der Waals surface area contributed by atoms with Crippen molar-refractivity contribution in [3.05, 3.63) is 62.6 Å². The fourth-order valence-corrected chi connectivity index (χ4v) is 5.73. The largest absolute Gasteiger partial charge is 0.353 e. The molecule has 3 rings (SSSR count). The summed E-state index contributed by atoms with van der Waals surface area (Å²) < 4.78 is 97.6. The minimum Gasteiger partial charge on any atom is -0.353 e. The number of halogens is 4. The molecule has 0 aliphatic carbocycles. The van der Waals surface area contributed by atoms with E-state index >= 15 is 0 Å². The van der Waals surface area contributed by atoms with Crippen LogP contribution in [0.1, 0.15) is 0 Å². The Labute approximate surface area is 230 Å². The van der Waals surface area contributed by atoms with E-state index in [1.807, 2.05) is 0 Å². The van der Waals surface area contributed by atoms with Crippen molar-refractivity contribution in [3.8, 4) is 0 Å². The van der Waals surface area contributed by atoms with Crippen LogP contribution in [0, 0.1) is 0 Å². The van der Waals surface area contributed by atoms with Crippen molar-refractivity contribution < 1.29 is 38.9 Å². The number of hydrogen-bond acceptors (Lipinski definition) is 9. The summed E-state index contributed by atoms with van der Waals surface area (Å²) in [6.45, 7) is 0. The van der Waals surface area contributed by atoms with Crippen LogP contribution in [0.2, 0.25) is 20.1 Å². The van der Waals surface area contributed by atoms with Gasteiger partial charge in [0.1, 0.15) is 9.79 Å². The first-order chi connectivity index (χ1) is 16.9. The predicted octanol–water partition coefficient (Wildman–Crippen LogP) is 5.22. The Morgan fingerprint density at radius 1 is 0.514 bits per heavy atom. The van der Waals surface area contributed by atoms with Crippen LogP contribution in [-0.4, -0.2) is 38.9 Å². The van der Waals surface area contributed by atoms with Crippen LogP contribution in [0.3, 0.4) is 0 Å². The van der Waals surface area contributed by atoms with Crippen molar-refractivity contribution in [2.24, 2.45) is 0 Å². The summed E-state index contributed by atoms with van der Waals surface area (Å²) in [7, 11) is -14.1. The van der Waals surface area contributed by atoms with Crippen molar-refractivity contribution in [2.75, 3.05) is 16.2 Å². The maximum atomic E-state index is 12.0. The van der Waals surface area contributed by atoms with E-state index in [9.17, 15) is 38.9 Å². The fraction of sp³-hybridized carbons (Fsp3) is 0. The molecule has 0 radical (unpaired) electrons. The van der Waals surface area contributed by atoms with Gasteiger partial charge < -0.3 is 5.32 Å². The predicted molar refractivity (Wildman–Crippen MR) is 139 cm³/mol. The molecule has 37 heavy (non-hydrogen) atoms. The molecule has 0 amide bonds. The monoisotopic (exact) mass is 651 g/mol. The molecule has 0 unspecified atom stereocenters. The molecule has 3 aromatic rings. The van der Waals surface area contributed by atoms with Crippen LogP contribution in [-0.2, 0) is 30.4 Å². The van der Waals surface area contributed by atoms with Gasteiger partial charge in [-0.05, 0) is 42.5 Å². The molecule has 0 aliphatic heterocycles. The molecular weight excluding hydrogens is 640 g/mol. The number of hydrazine groups is 1. The van der Waals surface area contributed by atoms with Crippen LogP contribution >= 0.6 is 46.4 Å². The molecule has 0 aliphatic rings. The summed E-state index contributed by atoms with van der Waals surface area (Å²) >= 11 is 24.1. The van der Waals surface area contributed by atoms with Crippen LogP contribution in [0.4, 0.5) is 22.7 Å². The highest BCUT2D eigenvalue weighted by Crippen LogP contribution is 2.38. The molecule has 0 fully saturated rings. The van der Waals surface area contributed by atoms with Gasteiger partial charge in [-0.25, -0.2) is 0 Å². The van der Waals surface area contributed by atoms with E-state index in [0.29, 0.717) is 0 Å². The van der Waals surface area contributed by atoms with E-state index < -0.39 is 50.1 Å². The first-order valence-electron chi connectivity index (χ1n) is 9.21. The molecule has 0 saturated heterocycles. The fourth-order valence-electron chi connectivity index (χ4n) is 2.82. The Morgan fingerprint density at radius 3 is 1.57 bits per heavy atom. The number of rotatable bonds is 8. The first kappa shape index (κ1) is 29.5. The van der Waals surface area contributed by atoms with Gasteiger partial charge >= 0.3 is 0 Å². The summed E-state index contributed by atoms with van der Waals surface area (Å²) in [6.07, 6.45) is 0. The second-order valence-electron chi connectivity index (χ2n) is 7.03. The zero-order valence-electron chi connectivity index (χ0n) is 17.6. The minimum absolute atomic E-state index is 0.0168. The van der Waals surface area contributed by atoms with Gasteiger partial charge in [0, 0.05) is 0 Å².